The van der Waals surface area contributed by atoms with Crippen molar-refractivity contribution in [2.45, 2.75) is 4.90 Å². The maximum absolute atomic E-state index is 11.8. The fourth-order valence-electron chi connectivity index (χ4n) is 1.45. The zero-order valence-corrected chi connectivity index (χ0v) is 12.2. The van der Waals surface area contributed by atoms with E-state index in [-0.39, 0.29) is 11.7 Å². The zero-order chi connectivity index (χ0) is 13.7. The third-order valence-electron chi connectivity index (χ3n) is 2.31. The first-order valence-corrected chi connectivity index (χ1v) is 7.32. The monoisotopic (exact) mass is 311 g/mol. The molecule has 5 heteroatoms. The van der Waals surface area contributed by atoms with Gasteiger partial charge in [-0.2, -0.15) is 0 Å². The minimum atomic E-state index is -0.0766. The molecule has 1 amide bonds. The standard InChI is InChI=1S/C14H11Cl2NOS/c15-10-6-7-12(16)13(8-10)19-9-14(18)17-11-4-2-1-3-5-11/h1-8H,9H2,(H,17,18). The van der Waals surface area contributed by atoms with Crippen molar-refractivity contribution in [3.8, 4) is 0 Å². The Balaban J connectivity index is 1.92. The molecule has 0 radical (unpaired) electrons. The lowest BCUT2D eigenvalue weighted by atomic mass is 10.3. The molecule has 0 spiro atoms. The SMILES string of the molecule is O=C(CSc1cc(Cl)ccc1Cl)Nc1ccccc1. The quantitative estimate of drug-likeness (QED) is 0.827. The van der Waals surface area contributed by atoms with Crippen LogP contribution in [0.15, 0.2) is 53.4 Å². The molecule has 2 nitrogen and oxygen atoms in total. The molecule has 19 heavy (non-hydrogen) atoms. The van der Waals surface area contributed by atoms with E-state index in [1.807, 2.05) is 30.3 Å². The van der Waals surface area contributed by atoms with E-state index in [2.05, 4.69) is 5.32 Å². The van der Waals surface area contributed by atoms with E-state index in [0.717, 1.165) is 10.6 Å². The van der Waals surface area contributed by atoms with Crippen LogP contribution in [-0.4, -0.2) is 11.7 Å². The molecule has 0 aliphatic rings. The number of benzene rings is 2. The summed E-state index contributed by atoms with van der Waals surface area (Å²) in [6, 6.07) is 14.5. The maximum atomic E-state index is 11.8. The third kappa shape index (κ3) is 4.46. The molecule has 0 fully saturated rings. The Labute approximate surface area is 126 Å². The minimum Gasteiger partial charge on any atom is -0.325 e. The summed E-state index contributed by atoms with van der Waals surface area (Å²) in [6.45, 7) is 0. The summed E-state index contributed by atoms with van der Waals surface area (Å²) in [6.07, 6.45) is 0. The van der Waals surface area contributed by atoms with Crippen LogP contribution in [0, 0.1) is 0 Å². The van der Waals surface area contributed by atoms with Gasteiger partial charge in [0.15, 0.2) is 0 Å². The Morgan fingerprint density at radius 2 is 1.84 bits per heavy atom. The number of anilines is 1. The van der Waals surface area contributed by atoms with E-state index < -0.39 is 0 Å². The summed E-state index contributed by atoms with van der Waals surface area (Å²) >= 11 is 13.3. The number of carbonyl (C=O) groups excluding carboxylic acids is 1. The van der Waals surface area contributed by atoms with Crippen LogP contribution >= 0.6 is 35.0 Å². The average Bonchev–Trinajstić information content (AvgIpc) is 2.41. The second-order valence-corrected chi connectivity index (χ2v) is 5.64. The summed E-state index contributed by atoms with van der Waals surface area (Å²) in [4.78, 5) is 12.6. The molecule has 0 aliphatic heterocycles. The van der Waals surface area contributed by atoms with Gasteiger partial charge in [0.2, 0.25) is 5.91 Å². The van der Waals surface area contributed by atoms with Crippen LogP contribution in [0.1, 0.15) is 0 Å². The van der Waals surface area contributed by atoms with Crippen molar-refractivity contribution in [3.05, 3.63) is 58.6 Å². The van der Waals surface area contributed by atoms with Crippen LogP contribution in [0.25, 0.3) is 0 Å². The second-order valence-electron chi connectivity index (χ2n) is 3.78. The van der Waals surface area contributed by atoms with Crippen LogP contribution in [0.4, 0.5) is 5.69 Å². The number of amides is 1. The Morgan fingerprint density at radius 3 is 2.58 bits per heavy atom. The van der Waals surface area contributed by atoms with E-state index in [9.17, 15) is 4.79 Å². The van der Waals surface area contributed by atoms with Gasteiger partial charge < -0.3 is 5.32 Å². The lowest BCUT2D eigenvalue weighted by molar-refractivity contribution is -0.113. The molecule has 0 atom stereocenters. The fraction of sp³-hybridized carbons (Fsp3) is 0.0714. The minimum absolute atomic E-state index is 0.0766. The molecule has 0 heterocycles. The Bertz CT molecular complexity index is 575. The predicted octanol–water partition coefficient (Wildman–Crippen LogP) is 4.72. The molecule has 0 saturated carbocycles. The smallest absolute Gasteiger partial charge is 0.234 e. The predicted molar refractivity (Wildman–Crippen MR) is 82.3 cm³/mol. The Kier molecular flexibility index (Phi) is 5.14. The average molecular weight is 312 g/mol. The highest BCUT2D eigenvalue weighted by molar-refractivity contribution is 8.00. The van der Waals surface area contributed by atoms with E-state index in [1.54, 1.807) is 18.2 Å². The first-order valence-electron chi connectivity index (χ1n) is 5.58. The Hall–Kier alpha value is -1.16. The topological polar surface area (TPSA) is 29.1 Å². The molecule has 0 aliphatic carbocycles. The van der Waals surface area contributed by atoms with Crippen molar-refractivity contribution in [2.24, 2.45) is 0 Å². The number of para-hydroxylation sites is 1. The lowest BCUT2D eigenvalue weighted by Gasteiger charge is -2.06. The molecule has 0 saturated heterocycles. The summed E-state index contributed by atoms with van der Waals surface area (Å²) in [5.74, 6) is 0.210. The first kappa shape index (κ1) is 14.3. The molecular formula is C14H11Cl2NOS. The van der Waals surface area contributed by atoms with Gasteiger partial charge in [-0.05, 0) is 30.3 Å². The number of rotatable bonds is 4. The summed E-state index contributed by atoms with van der Waals surface area (Å²) < 4.78 is 0. The summed E-state index contributed by atoms with van der Waals surface area (Å²) in [7, 11) is 0. The van der Waals surface area contributed by atoms with Crippen molar-refractivity contribution in [3.63, 3.8) is 0 Å². The van der Waals surface area contributed by atoms with Gasteiger partial charge in [0, 0.05) is 15.6 Å². The maximum Gasteiger partial charge on any atom is 0.234 e. The van der Waals surface area contributed by atoms with Crippen molar-refractivity contribution < 1.29 is 4.79 Å². The van der Waals surface area contributed by atoms with Gasteiger partial charge in [-0.25, -0.2) is 0 Å². The van der Waals surface area contributed by atoms with Gasteiger partial charge in [-0.15, -0.1) is 11.8 Å². The van der Waals surface area contributed by atoms with Crippen LogP contribution in [0.3, 0.4) is 0 Å². The Morgan fingerprint density at radius 1 is 1.11 bits per heavy atom. The van der Waals surface area contributed by atoms with E-state index in [1.165, 1.54) is 11.8 Å². The fourth-order valence-corrected chi connectivity index (χ4v) is 2.74. The molecule has 0 unspecified atom stereocenters. The molecule has 2 aromatic rings. The van der Waals surface area contributed by atoms with Gasteiger partial charge in [-0.1, -0.05) is 41.4 Å². The van der Waals surface area contributed by atoms with Crippen LogP contribution < -0.4 is 5.32 Å². The number of nitrogens with one attached hydrogen (secondary N) is 1. The molecule has 0 bridgehead atoms. The molecule has 2 rings (SSSR count). The number of carbonyl (C=O) groups is 1. The highest BCUT2D eigenvalue weighted by atomic mass is 35.5. The number of hydrogen-bond donors (Lipinski definition) is 1. The summed E-state index contributed by atoms with van der Waals surface area (Å²) in [5.41, 5.74) is 0.783. The first-order chi connectivity index (χ1) is 9.15. The van der Waals surface area contributed by atoms with Crippen LogP contribution in [0.2, 0.25) is 10.0 Å². The van der Waals surface area contributed by atoms with E-state index >= 15 is 0 Å². The van der Waals surface area contributed by atoms with Gasteiger partial charge in [0.05, 0.1) is 10.8 Å². The molecular weight excluding hydrogens is 301 g/mol. The molecule has 0 aromatic heterocycles. The van der Waals surface area contributed by atoms with Gasteiger partial charge in [0.1, 0.15) is 0 Å². The van der Waals surface area contributed by atoms with Crippen molar-refractivity contribution in [2.75, 3.05) is 11.1 Å². The normalized spacial score (nSPS) is 10.2. The lowest BCUT2D eigenvalue weighted by Crippen LogP contribution is -2.13. The van der Waals surface area contributed by atoms with Crippen molar-refractivity contribution in [1.82, 2.24) is 0 Å². The van der Waals surface area contributed by atoms with E-state index in [0.29, 0.717) is 10.0 Å². The van der Waals surface area contributed by atoms with Crippen LogP contribution in [0.5, 0.6) is 0 Å². The zero-order valence-electron chi connectivity index (χ0n) is 9.90. The highest BCUT2D eigenvalue weighted by Crippen LogP contribution is 2.29. The van der Waals surface area contributed by atoms with Gasteiger partial charge in [-0.3, -0.25) is 4.79 Å². The summed E-state index contributed by atoms with van der Waals surface area (Å²) in [5, 5.41) is 4.02. The number of thioether (sulfide) groups is 1. The van der Waals surface area contributed by atoms with E-state index in [4.69, 9.17) is 23.2 Å². The number of halogens is 2. The third-order valence-corrected chi connectivity index (χ3v) is 4.04. The highest BCUT2D eigenvalue weighted by Gasteiger charge is 2.06. The largest absolute Gasteiger partial charge is 0.325 e. The molecule has 2 aromatic carbocycles. The van der Waals surface area contributed by atoms with Crippen molar-refractivity contribution in [1.29, 1.82) is 0 Å². The molecule has 1 N–H and O–H groups in total. The number of hydrogen-bond acceptors (Lipinski definition) is 2. The molecule has 98 valence electrons. The second kappa shape index (κ2) is 6.85. The van der Waals surface area contributed by atoms with Gasteiger partial charge >= 0.3 is 0 Å². The van der Waals surface area contributed by atoms with Gasteiger partial charge in [0.25, 0.3) is 0 Å². The van der Waals surface area contributed by atoms with Crippen molar-refractivity contribution >= 4 is 46.6 Å². The van der Waals surface area contributed by atoms with Crippen LogP contribution in [-0.2, 0) is 4.79 Å².